The molecule has 0 aromatic heterocycles. The Morgan fingerprint density at radius 3 is 2.42 bits per heavy atom. The Kier molecular flexibility index (Phi) is 5.32. The second kappa shape index (κ2) is 6.40. The number of nitrogens with zero attached hydrogens (tertiary/aromatic N) is 1. The standard InChI is InChI=1S/C9H20N2O/c1-10-12-9-8-11-6-4-2-3-5-7-11/h10H,2-9H2,1H3. The van der Waals surface area contributed by atoms with Crippen LogP contribution in [0.4, 0.5) is 0 Å². The van der Waals surface area contributed by atoms with E-state index in [9.17, 15) is 0 Å². The topological polar surface area (TPSA) is 24.5 Å². The minimum atomic E-state index is 0.802. The molecular formula is C9H20N2O. The van der Waals surface area contributed by atoms with Gasteiger partial charge >= 0.3 is 0 Å². The van der Waals surface area contributed by atoms with Crippen molar-refractivity contribution in [2.45, 2.75) is 25.7 Å². The zero-order valence-corrected chi connectivity index (χ0v) is 8.01. The fourth-order valence-electron chi connectivity index (χ4n) is 1.64. The molecule has 12 heavy (non-hydrogen) atoms. The third-order valence-electron chi connectivity index (χ3n) is 2.35. The van der Waals surface area contributed by atoms with Crippen molar-refractivity contribution >= 4 is 0 Å². The van der Waals surface area contributed by atoms with E-state index in [1.54, 1.807) is 0 Å². The quantitative estimate of drug-likeness (QED) is 0.506. The van der Waals surface area contributed by atoms with Crippen molar-refractivity contribution in [3.05, 3.63) is 0 Å². The SMILES string of the molecule is CNOCCN1CCCCCC1. The van der Waals surface area contributed by atoms with Crippen molar-refractivity contribution in [2.24, 2.45) is 0 Å². The Bertz CT molecular complexity index is 101. The molecule has 1 aliphatic heterocycles. The molecule has 0 radical (unpaired) electrons. The largest absolute Gasteiger partial charge is 0.301 e. The van der Waals surface area contributed by atoms with E-state index in [-0.39, 0.29) is 0 Å². The van der Waals surface area contributed by atoms with Crippen LogP contribution in [0.15, 0.2) is 0 Å². The van der Waals surface area contributed by atoms with E-state index in [0.717, 1.165) is 13.2 Å². The molecule has 0 atom stereocenters. The van der Waals surface area contributed by atoms with Gasteiger partial charge in [-0.1, -0.05) is 12.8 Å². The van der Waals surface area contributed by atoms with Gasteiger partial charge in [-0.3, -0.25) is 0 Å². The molecule has 1 aliphatic rings. The molecular weight excluding hydrogens is 152 g/mol. The van der Waals surface area contributed by atoms with Crippen LogP contribution in [0, 0.1) is 0 Å². The number of hydrogen-bond acceptors (Lipinski definition) is 3. The molecule has 0 bridgehead atoms. The van der Waals surface area contributed by atoms with Crippen LogP contribution in [0.5, 0.6) is 0 Å². The summed E-state index contributed by atoms with van der Waals surface area (Å²) in [6.45, 7) is 4.39. The van der Waals surface area contributed by atoms with Crippen LogP contribution < -0.4 is 5.48 Å². The van der Waals surface area contributed by atoms with Crippen molar-refractivity contribution in [3.8, 4) is 0 Å². The van der Waals surface area contributed by atoms with Gasteiger partial charge in [-0.2, -0.15) is 0 Å². The highest BCUT2D eigenvalue weighted by Gasteiger charge is 2.07. The van der Waals surface area contributed by atoms with Gasteiger partial charge in [-0.05, 0) is 25.9 Å². The van der Waals surface area contributed by atoms with E-state index in [0.29, 0.717) is 0 Å². The van der Waals surface area contributed by atoms with Crippen molar-refractivity contribution in [3.63, 3.8) is 0 Å². The normalized spacial score (nSPS) is 20.8. The molecule has 0 aromatic rings. The summed E-state index contributed by atoms with van der Waals surface area (Å²) >= 11 is 0. The summed E-state index contributed by atoms with van der Waals surface area (Å²) < 4.78 is 0. The van der Waals surface area contributed by atoms with Crippen LogP contribution in [0.1, 0.15) is 25.7 Å². The lowest BCUT2D eigenvalue weighted by Crippen LogP contribution is -2.29. The Labute approximate surface area is 75.0 Å². The molecule has 0 spiro atoms. The van der Waals surface area contributed by atoms with Crippen LogP contribution in [0.25, 0.3) is 0 Å². The van der Waals surface area contributed by atoms with Crippen LogP contribution in [-0.4, -0.2) is 38.2 Å². The van der Waals surface area contributed by atoms with Gasteiger partial charge < -0.3 is 9.74 Å². The minimum absolute atomic E-state index is 0.802. The first-order valence-corrected chi connectivity index (χ1v) is 4.94. The number of nitrogens with one attached hydrogen (secondary N) is 1. The van der Waals surface area contributed by atoms with Crippen LogP contribution in [0.2, 0.25) is 0 Å². The molecule has 1 N–H and O–H groups in total. The van der Waals surface area contributed by atoms with Crippen molar-refractivity contribution < 1.29 is 4.84 Å². The lowest BCUT2D eigenvalue weighted by Gasteiger charge is -2.18. The first kappa shape index (κ1) is 9.96. The predicted octanol–water partition coefficient (Wildman–Crippen LogP) is 1.01. The van der Waals surface area contributed by atoms with Gasteiger partial charge in [-0.25, -0.2) is 5.48 Å². The highest BCUT2D eigenvalue weighted by molar-refractivity contribution is 4.62. The summed E-state index contributed by atoms with van der Waals surface area (Å²) in [6.07, 6.45) is 5.53. The fraction of sp³-hybridized carbons (Fsp3) is 1.00. The van der Waals surface area contributed by atoms with Gasteiger partial charge in [0.05, 0.1) is 6.61 Å². The van der Waals surface area contributed by atoms with Crippen molar-refractivity contribution in [1.29, 1.82) is 0 Å². The summed E-state index contributed by atoms with van der Waals surface area (Å²) in [5, 5.41) is 0. The first-order chi connectivity index (χ1) is 5.93. The van der Waals surface area contributed by atoms with Gasteiger partial charge in [0.1, 0.15) is 0 Å². The summed E-state index contributed by atoms with van der Waals surface area (Å²) in [5.74, 6) is 0. The minimum Gasteiger partial charge on any atom is -0.301 e. The Morgan fingerprint density at radius 2 is 1.83 bits per heavy atom. The molecule has 1 fully saturated rings. The second-order valence-corrected chi connectivity index (χ2v) is 3.31. The molecule has 0 aliphatic carbocycles. The molecule has 0 unspecified atom stereocenters. The molecule has 3 heteroatoms. The van der Waals surface area contributed by atoms with E-state index < -0.39 is 0 Å². The number of rotatable bonds is 4. The third-order valence-corrected chi connectivity index (χ3v) is 2.35. The summed E-state index contributed by atoms with van der Waals surface area (Å²) in [6, 6.07) is 0. The predicted molar refractivity (Wildman–Crippen MR) is 49.9 cm³/mol. The van der Waals surface area contributed by atoms with Gasteiger partial charge in [-0.15, -0.1) is 0 Å². The van der Waals surface area contributed by atoms with Crippen molar-refractivity contribution in [2.75, 3.05) is 33.3 Å². The third kappa shape index (κ3) is 4.04. The zero-order chi connectivity index (χ0) is 8.65. The summed E-state index contributed by atoms with van der Waals surface area (Å²) in [7, 11) is 1.81. The molecule has 0 aromatic carbocycles. The maximum absolute atomic E-state index is 5.09. The zero-order valence-electron chi connectivity index (χ0n) is 8.01. The number of likely N-dealkylation sites (tertiary alicyclic amines) is 1. The van der Waals surface area contributed by atoms with Gasteiger partial charge in [0, 0.05) is 13.6 Å². The Hall–Kier alpha value is -0.120. The van der Waals surface area contributed by atoms with E-state index in [1.807, 2.05) is 7.05 Å². The fourth-order valence-corrected chi connectivity index (χ4v) is 1.64. The maximum Gasteiger partial charge on any atom is 0.0809 e. The smallest absolute Gasteiger partial charge is 0.0809 e. The molecule has 1 rings (SSSR count). The van der Waals surface area contributed by atoms with E-state index in [2.05, 4.69) is 10.4 Å². The monoisotopic (exact) mass is 172 g/mol. The Morgan fingerprint density at radius 1 is 1.17 bits per heavy atom. The second-order valence-electron chi connectivity index (χ2n) is 3.31. The molecule has 1 saturated heterocycles. The van der Waals surface area contributed by atoms with E-state index in [1.165, 1.54) is 38.8 Å². The average Bonchev–Trinajstić information content (AvgIpc) is 2.33. The molecule has 1 heterocycles. The molecule has 72 valence electrons. The van der Waals surface area contributed by atoms with Crippen LogP contribution in [0.3, 0.4) is 0 Å². The maximum atomic E-state index is 5.09. The number of hydrogen-bond donors (Lipinski definition) is 1. The average molecular weight is 172 g/mol. The van der Waals surface area contributed by atoms with Crippen LogP contribution >= 0.6 is 0 Å². The first-order valence-electron chi connectivity index (χ1n) is 4.94. The molecule has 3 nitrogen and oxygen atoms in total. The Balaban J connectivity index is 2.04. The summed E-state index contributed by atoms with van der Waals surface area (Å²) in [4.78, 5) is 7.58. The van der Waals surface area contributed by atoms with Gasteiger partial charge in [0.15, 0.2) is 0 Å². The van der Waals surface area contributed by atoms with Crippen LogP contribution in [-0.2, 0) is 4.84 Å². The van der Waals surface area contributed by atoms with Crippen molar-refractivity contribution in [1.82, 2.24) is 10.4 Å². The lowest BCUT2D eigenvalue weighted by atomic mass is 10.2. The summed E-state index contributed by atoms with van der Waals surface area (Å²) in [5.41, 5.74) is 2.70. The lowest BCUT2D eigenvalue weighted by molar-refractivity contribution is 0.0411. The molecule has 0 amide bonds. The highest BCUT2D eigenvalue weighted by atomic mass is 16.6. The highest BCUT2D eigenvalue weighted by Crippen LogP contribution is 2.08. The number of hydroxylamine groups is 1. The van der Waals surface area contributed by atoms with E-state index in [4.69, 9.17) is 4.84 Å². The van der Waals surface area contributed by atoms with Gasteiger partial charge in [0.25, 0.3) is 0 Å². The molecule has 0 saturated carbocycles. The van der Waals surface area contributed by atoms with E-state index >= 15 is 0 Å². The van der Waals surface area contributed by atoms with Gasteiger partial charge in [0.2, 0.25) is 0 Å².